The van der Waals surface area contributed by atoms with Gasteiger partial charge in [0.15, 0.2) is 0 Å². The van der Waals surface area contributed by atoms with E-state index < -0.39 is 33.8 Å². The average molecular weight is 287 g/mol. The second-order valence-electron chi connectivity index (χ2n) is 3.69. The molecule has 0 saturated heterocycles. The minimum Gasteiger partial charge on any atom is -0.398 e. The number of imide groups is 1. The Balaban J connectivity index is 2.90. The molecule has 19 heavy (non-hydrogen) atoms. The van der Waals surface area contributed by atoms with Crippen LogP contribution in [0.4, 0.5) is 14.9 Å². The summed E-state index contributed by atoms with van der Waals surface area (Å²) in [5.74, 6) is -1.34. The Morgan fingerprint density at radius 3 is 2.63 bits per heavy atom. The molecule has 0 heterocycles. The molecule has 3 amide bonds. The smallest absolute Gasteiger partial charge is 0.321 e. The highest BCUT2D eigenvalue weighted by atomic mass is 32.2. The maximum Gasteiger partial charge on any atom is 0.321 e. The van der Waals surface area contributed by atoms with Crippen molar-refractivity contribution in [1.82, 2.24) is 10.6 Å². The van der Waals surface area contributed by atoms with Crippen molar-refractivity contribution in [2.75, 3.05) is 12.8 Å². The van der Waals surface area contributed by atoms with Gasteiger partial charge in [-0.1, -0.05) is 0 Å². The average Bonchev–Trinajstić information content (AvgIpc) is 2.39. The third-order valence-corrected chi connectivity index (χ3v) is 3.99. The number of rotatable bonds is 3. The van der Waals surface area contributed by atoms with Crippen LogP contribution < -0.4 is 16.4 Å². The highest BCUT2D eigenvalue weighted by Crippen LogP contribution is 2.20. The number of hydrogen-bond donors (Lipinski definition) is 3. The first-order valence-corrected chi connectivity index (χ1v) is 6.56. The van der Waals surface area contributed by atoms with Crippen LogP contribution in [-0.2, 0) is 15.6 Å². The fourth-order valence-electron chi connectivity index (χ4n) is 1.25. The van der Waals surface area contributed by atoms with Crippen LogP contribution in [-0.4, -0.2) is 28.4 Å². The fraction of sp³-hybridized carbons (Fsp3) is 0.273. The number of nitrogens with one attached hydrogen (secondary N) is 2. The quantitative estimate of drug-likeness (QED) is 0.699. The van der Waals surface area contributed by atoms with Crippen LogP contribution in [0.2, 0.25) is 0 Å². The number of nitrogens with two attached hydrogens (primary N) is 1. The second-order valence-corrected chi connectivity index (χ2v) is 5.43. The zero-order chi connectivity index (χ0) is 14.6. The van der Waals surface area contributed by atoms with Gasteiger partial charge in [0, 0.05) is 12.7 Å². The summed E-state index contributed by atoms with van der Waals surface area (Å²) in [4.78, 5) is 22.6. The Kier molecular flexibility index (Phi) is 4.99. The number of anilines is 1. The molecular weight excluding hydrogens is 273 g/mol. The molecule has 104 valence electrons. The van der Waals surface area contributed by atoms with Gasteiger partial charge in [-0.15, -0.1) is 0 Å². The third-order valence-electron chi connectivity index (χ3n) is 2.35. The van der Waals surface area contributed by atoms with Crippen LogP contribution in [0.25, 0.3) is 0 Å². The van der Waals surface area contributed by atoms with Gasteiger partial charge in [-0.2, -0.15) is 0 Å². The molecule has 1 aromatic carbocycles. The van der Waals surface area contributed by atoms with Gasteiger partial charge in [0.25, 0.3) is 0 Å². The van der Waals surface area contributed by atoms with E-state index in [1.807, 2.05) is 5.32 Å². The van der Waals surface area contributed by atoms with Crippen LogP contribution in [0.3, 0.4) is 0 Å². The molecule has 0 radical (unpaired) electrons. The van der Waals surface area contributed by atoms with Crippen LogP contribution >= 0.6 is 0 Å². The summed E-state index contributed by atoms with van der Waals surface area (Å²) >= 11 is 0. The van der Waals surface area contributed by atoms with Crippen molar-refractivity contribution >= 4 is 28.4 Å². The first kappa shape index (κ1) is 15.1. The van der Waals surface area contributed by atoms with E-state index in [0.717, 1.165) is 12.1 Å². The summed E-state index contributed by atoms with van der Waals surface area (Å²) in [6, 6.07) is 2.70. The van der Waals surface area contributed by atoms with E-state index in [0.29, 0.717) is 0 Å². The Hall–Kier alpha value is -1.96. The summed E-state index contributed by atoms with van der Waals surface area (Å²) < 4.78 is 25.2. The zero-order valence-electron chi connectivity index (χ0n) is 10.4. The van der Waals surface area contributed by atoms with Gasteiger partial charge in [0.05, 0.1) is 15.7 Å². The van der Waals surface area contributed by atoms with Gasteiger partial charge in [-0.3, -0.25) is 14.3 Å². The molecule has 2 atom stereocenters. The number of nitrogen functional groups attached to an aromatic ring is 1. The molecule has 0 spiro atoms. The number of hydrogen-bond acceptors (Lipinski definition) is 4. The molecule has 0 saturated carbocycles. The van der Waals surface area contributed by atoms with Crippen molar-refractivity contribution in [3.05, 3.63) is 24.0 Å². The Bertz CT molecular complexity index is 536. The van der Waals surface area contributed by atoms with Gasteiger partial charge in [-0.25, -0.2) is 9.18 Å². The fourth-order valence-corrected chi connectivity index (χ4v) is 2.41. The molecule has 6 nitrogen and oxygen atoms in total. The van der Waals surface area contributed by atoms with Crippen LogP contribution in [0.5, 0.6) is 0 Å². The molecule has 1 aromatic rings. The van der Waals surface area contributed by atoms with Crippen molar-refractivity contribution in [2.45, 2.75) is 17.1 Å². The topological polar surface area (TPSA) is 101 Å². The Morgan fingerprint density at radius 2 is 2.05 bits per heavy atom. The van der Waals surface area contributed by atoms with Crippen molar-refractivity contribution in [2.24, 2.45) is 0 Å². The predicted octanol–water partition coefficient (Wildman–Crippen LogP) is 0.360. The van der Waals surface area contributed by atoms with Crippen LogP contribution in [0.15, 0.2) is 23.1 Å². The van der Waals surface area contributed by atoms with Crippen LogP contribution in [0, 0.1) is 5.82 Å². The first-order valence-electron chi connectivity index (χ1n) is 5.35. The van der Waals surface area contributed by atoms with E-state index in [9.17, 15) is 18.2 Å². The minimum atomic E-state index is -1.86. The number of carbonyl (C=O) groups is 2. The number of carbonyl (C=O) groups excluding carboxylic acids is 2. The predicted molar refractivity (Wildman–Crippen MR) is 69.3 cm³/mol. The molecular formula is C11H14FN3O3S. The molecule has 0 bridgehead atoms. The largest absolute Gasteiger partial charge is 0.398 e. The van der Waals surface area contributed by atoms with Gasteiger partial charge in [0.1, 0.15) is 11.1 Å². The number of urea groups is 1. The summed E-state index contributed by atoms with van der Waals surface area (Å²) in [5.41, 5.74) is 5.71. The lowest BCUT2D eigenvalue weighted by Crippen LogP contribution is -2.43. The van der Waals surface area contributed by atoms with E-state index in [1.54, 1.807) is 0 Å². The lowest BCUT2D eigenvalue weighted by Gasteiger charge is -2.12. The second kappa shape index (κ2) is 6.28. The van der Waals surface area contributed by atoms with Crippen LogP contribution in [0.1, 0.15) is 6.92 Å². The van der Waals surface area contributed by atoms with Gasteiger partial charge in [0.2, 0.25) is 5.91 Å². The standard InChI is InChI=1S/C11H14FN3O3S/c1-6(10(16)15-11(17)14-2)19(18)9-5-7(12)3-4-8(9)13/h3-6H,13H2,1-2H3,(H2,14,15,16,17). The van der Waals surface area contributed by atoms with Crippen molar-refractivity contribution < 1.29 is 18.2 Å². The van der Waals surface area contributed by atoms with Crippen molar-refractivity contribution in [1.29, 1.82) is 0 Å². The lowest BCUT2D eigenvalue weighted by molar-refractivity contribution is -0.119. The number of halogens is 1. The van der Waals surface area contributed by atoms with E-state index in [1.165, 1.54) is 20.0 Å². The molecule has 8 heteroatoms. The third kappa shape index (κ3) is 3.75. The van der Waals surface area contributed by atoms with Gasteiger partial charge in [-0.05, 0) is 25.1 Å². The highest BCUT2D eigenvalue weighted by Gasteiger charge is 2.24. The molecule has 0 fully saturated rings. The zero-order valence-corrected chi connectivity index (χ0v) is 11.2. The highest BCUT2D eigenvalue weighted by molar-refractivity contribution is 7.86. The summed E-state index contributed by atoms with van der Waals surface area (Å²) in [5, 5.41) is 3.15. The summed E-state index contributed by atoms with van der Waals surface area (Å²) in [6.45, 7) is 1.36. The summed E-state index contributed by atoms with van der Waals surface area (Å²) in [6.07, 6.45) is 0. The molecule has 0 aliphatic carbocycles. The Labute approximate surface area is 112 Å². The SMILES string of the molecule is CNC(=O)NC(=O)C(C)S(=O)c1cc(F)ccc1N. The number of amides is 3. The van der Waals surface area contributed by atoms with Crippen molar-refractivity contribution in [3.8, 4) is 0 Å². The van der Waals surface area contributed by atoms with E-state index in [4.69, 9.17) is 5.73 Å². The molecule has 4 N–H and O–H groups in total. The molecule has 0 aliphatic rings. The van der Waals surface area contributed by atoms with Gasteiger partial charge < -0.3 is 11.1 Å². The van der Waals surface area contributed by atoms with E-state index in [2.05, 4.69) is 5.32 Å². The number of benzene rings is 1. The van der Waals surface area contributed by atoms with Gasteiger partial charge >= 0.3 is 6.03 Å². The maximum atomic E-state index is 13.1. The molecule has 0 aromatic heterocycles. The monoisotopic (exact) mass is 287 g/mol. The molecule has 0 aliphatic heterocycles. The lowest BCUT2D eigenvalue weighted by atomic mass is 10.3. The first-order chi connectivity index (χ1) is 8.86. The minimum absolute atomic E-state index is 0.0274. The van der Waals surface area contributed by atoms with Crippen molar-refractivity contribution in [3.63, 3.8) is 0 Å². The Morgan fingerprint density at radius 1 is 1.42 bits per heavy atom. The van der Waals surface area contributed by atoms with E-state index in [-0.39, 0.29) is 10.6 Å². The maximum absolute atomic E-state index is 13.1. The normalized spacial score (nSPS) is 13.4. The molecule has 2 unspecified atom stereocenters. The molecule has 1 rings (SSSR count). The summed E-state index contributed by atoms with van der Waals surface area (Å²) in [7, 11) is -0.513. The van der Waals surface area contributed by atoms with E-state index >= 15 is 0 Å².